The van der Waals surface area contributed by atoms with Crippen LogP contribution in [0, 0.1) is 18.8 Å². The minimum Gasteiger partial charge on any atom is -0.360 e. The molecule has 0 amide bonds. The van der Waals surface area contributed by atoms with Crippen LogP contribution in [0.5, 0.6) is 0 Å². The van der Waals surface area contributed by atoms with Crippen molar-refractivity contribution in [2.45, 2.75) is 11.9 Å². The molecule has 0 radical (unpaired) electrons. The van der Waals surface area contributed by atoms with E-state index in [1.165, 1.54) is 11.8 Å². The third-order valence-corrected chi connectivity index (χ3v) is 3.15. The molecule has 0 saturated heterocycles. The van der Waals surface area contributed by atoms with Crippen LogP contribution in [0.3, 0.4) is 0 Å². The first-order chi connectivity index (χ1) is 9.72. The summed E-state index contributed by atoms with van der Waals surface area (Å²) in [6.07, 6.45) is 1.56. The Morgan fingerprint density at radius 1 is 1.45 bits per heavy atom. The average Bonchev–Trinajstić information content (AvgIpc) is 2.88. The maximum absolute atomic E-state index is 4.94. The molecule has 0 unspecified atom stereocenters. The second-order valence-electron chi connectivity index (χ2n) is 3.76. The van der Waals surface area contributed by atoms with Gasteiger partial charge in [-0.25, -0.2) is 15.0 Å². The predicted octanol–water partition coefficient (Wildman–Crippen LogP) is 1.77. The molecule has 0 fully saturated rings. The Kier molecular flexibility index (Phi) is 4.87. The van der Waals surface area contributed by atoms with Gasteiger partial charge in [0.2, 0.25) is 0 Å². The van der Waals surface area contributed by atoms with Gasteiger partial charge >= 0.3 is 0 Å². The first-order valence-corrected chi connectivity index (χ1v) is 6.78. The van der Waals surface area contributed by atoms with Crippen LogP contribution in [-0.4, -0.2) is 34.8 Å². The fraction of sp³-hybridized carbons (Fsp3) is 0.231. The van der Waals surface area contributed by atoms with Crippen LogP contribution in [0.25, 0.3) is 0 Å². The van der Waals surface area contributed by atoms with Gasteiger partial charge in [0.15, 0.2) is 11.5 Å². The van der Waals surface area contributed by atoms with Crippen LogP contribution in [-0.2, 0) is 0 Å². The number of nitrogens with one attached hydrogen (secondary N) is 1. The summed E-state index contributed by atoms with van der Waals surface area (Å²) >= 11 is 1.49. The van der Waals surface area contributed by atoms with Crippen LogP contribution in [0.1, 0.15) is 17.1 Å². The van der Waals surface area contributed by atoms with Gasteiger partial charge in [0.25, 0.3) is 0 Å². The van der Waals surface area contributed by atoms with Gasteiger partial charge in [0.05, 0.1) is 6.20 Å². The van der Waals surface area contributed by atoms with E-state index >= 15 is 0 Å². The number of rotatable bonds is 4. The second kappa shape index (κ2) is 6.84. The summed E-state index contributed by atoms with van der Waals surface area (Å²) in [7, 11) is 1.86. The van der Waals surface area contributed by atoms with Crippen LogP contribution in [0.2, 0.25) is 0 Å². The lowest BCUT2D eigenvalue weighted by atomic mass is 10.3. The largest absolute Gasteiger partial charge is 0.360 e. The highest BCUT2D eigenvalue weighted by Crippen LogP contribution is 2.24. The fourth-order valence-electron chi connectivity index (χ4n) is 1.33. The van der Waals surface area contributed by atoms with E-state index in [-0.39, 0.29) is 0 Å². The van der Waals surface area contributed by atoms with Gasteiger partial charge in [-0.3, -0.25) is 0 Å². The minimum atomic E-state index is 0.507. The summed E-state index contributed by atoms with van der Waals surface area (Å²) in [6.45, 7) is 5.30. The van der Waals surface area contributed by atoms with Crippen LogP contribution in [0.4, 0.5) is 5.82 Å². The SMILES string of the molecule is C=Nc1ncc(C#Cc2cc(C)on2)nc1SCNC. The second-order valence-corrected chi connectivity index (χ2v) is 4.72. The molecule has 2 aromatic heterocycles. The van der Waals surface area contributed by atoms with Gasteiger partial charge in [-0.15, -0.1) is 0 Å². The van der Waals surface area contributed by atoms with Crippen molar-refractivity contribution in [2.24, 2.45) is 4.99 Å². The third kappa shape index (κ3) is 3.66. The number of aryl methyl sites for hydroxylation is 1. The molecule has 1 N–H and O–H groups in total. The molecule has 0 bridgehead atoms. The van der Waals surface area contributed by atoms with Crippen LogP contribution in [0.15, 0.2) is 26.8 Å². The predicted molar refractivity (Wildman–Crippen MR) is 78.2 cm³/mol. The molecule has 0 spiro atoms. The Morgan fingerprint density at radius 3 is 2.90 bits per heavy atom. The molecule has 0 aromatic carbocycles. The lowest BCUT2D eigenvalue weighted by Crippen LogP contribution is -2.04. The van der Waals surface area contributed by atoms with E-state index in [4.69, 9.17) is 4.52 Å². The van der Waals surface area contributed by atoms with Crippen molar-refractivity contribution in [1.82, 2.24) is 20.4 Å². The third-order valence-electron chi connectivity index (χ3n) is 2.17. The first kappa shape index (κ1) is 14.2. The Balaban J connectivity index is 2.24. The highest BCUT2D eigenvalue weighted by atomic mass is 32.2. The molecule has 7 heteroatoms. The normalized spacial score (nSPS) is 9.90. The highest BCUT2D eigenvalue weighted by Gasteiger charge is 2.05. The Morgan fingerprint density at radius 2 is 2.25 bits per heavy atom. The van der Waals surface area contributed by atoms with Gasteiger partial charge in [-0.2, -0.15) is 0 Å². The van der Waals surface area contributed by atoms with Crippen molar-refractivity contribution in [3.8, 4) is 11.8 Å². The van der Waals surface area contributed by atoms with Gasteiger partial charge in [0.1, 0.15) is 16.5 Å². The number of hydrogen-bond donors (Lipinski definition) is 1. The topological polar surface area (TPSA) is 76.2 Å². The van der Waals surface area contributed by atoms with E-state index in [9.17, 15) is 0 Å². The summed E-state index contributed by atoms with van der Waals surface area (Å²) in [4.78, 5) is 12.4. The smallest absolute Gasteiger partial charge is 0.184 e. The van der Waals surface area contributed by atoms with Crippen molar-refractivity contribution in [1.29, 1.82) is 0 Å². The maximum Gasteiger partial charge on any atom is 0.184 e. The van der Waals surface area contributed by atoms with E-state index < -0.39 is 0 Å². The van der Waals surface area contributed by atoms with E-state index in [2.05, 4.69) is 44.0 Å². The minimum absolute atomic E-state index is 0.507. The van der Waals surface area contributed by atoms with Crippen molar-refractivity contribution >= 4 is 24.3 Å². The lowest BCUT2D eigenvalue weighted by Gasteiger charge is -2.02. The zero-order valence-corrected chi connectivity index (χ0v) is 12.0. The molecule has 0 saturated carbocycles. The maximum atomic E-state index is 4.94. The number of aromatic nitrogens is 3. The number of thioether (sulfide) groups is 1. The molecule has 2 rings (SSSR count). The first-order valence-electron chi connectivity index (χ1n) is 5.79. The zero-order chi connectivity index (χ0) is 14.4. The van der Waals surface area contributed by atoms with Crippen molar-refractivity contribution in [2.75, 3.05) is 12.9 Å². The standard InChI is InChI=1S/C13H13N5OS/c1-9-6-10(18-19-9)4-5-11-7-16-12(15-3)13(17-11)20-8-14-2/h6-7,14H,3,8H2,1-2H3. The molecule has 20 heavy (non-hydrogen) atoms. The molecule has 0 atom stereocenters. The Bertz CT molecular complexity index is 671. The summed E-state index contributed by atoms with van der Waals surface area (Å²) in [5, 5.41) is 7.51. The van der Waals surface area contributed by atoms with Crippen LogP contribution < -0.4 is 5.32 Å². The average molecular weight is 287 g/mol. The molecular formula is C13H13N5OS. The molecule has 2 aromatic rings. The summed E-state index contributed by atoms with van der Waals surface area (Å²) in [6, 6.07) is 1.76. The Labute approximate surface area is 121 Å². The molecule has 6 nitrogen and oxygen atoms in total. The molecule has 2 heterocycles. The van der Waals surface area contributed by atoms with Gasteiger partial charge in [-0.05, 0) is 32.5 Å². The van der Waals surface area contributed by atoms with Crippen LogP contribution >= 0.6 is 11.8 Å². The summed E-state index contributed by atoms with van der Waals surface area (Å²) in [5.74, 6) is 7.71. The quantitative estimate of drug-likeness (QED) is 0.400. The number of nitrogens with zero attached hydrogens (tertiary/aromatic N) is 4. The van der Waals surface area contributed by atoms with Crippen molar-refractivity contribution in [3.05, 3.63) is 29.4 Å². The monoisotopic (exact) mass is 287 g/mol. The van der Waals surface area contributed by atoms with Gasteiger partial charge in [-0.1, -0.05) is 16.9 Å². The zero-order valence-electron chi connectivity index (χ0n) is 11.2. The molecule has 102 valence electrons. The van der Waals surface area contributed by atoms with E-state index in [0.717, 1.165) is 5.76 Å². The number of aliphatic imine (C=N–C) groups is 1. The molecule has 0 aliphatic carbocycles. The number of hydrogen-bond acceptors (Lipinski definition) is 7. The molecule has 0 aliphatic heterocycles. The van der Waals surface area contributed by atoms with E-state index in [1.54, 1.807) is 12.3 Å². The van der Waals surface area contributed by atoms with E-state index in [1.807, 2.05) is 14.0 Å². The van der Waals surface area contributed by atoms with Gasteiger partial charge < -0.3 is 9.84 Å². The van der Waals surface area contributed by atoms with Gasteiger partial charge in [0, 0.05) is 11.9 Å². The summed E-state index contributed by atoms with van der Waals surface area (Å²) < 4.78 is 4.94. The fourth-order valence-corrected chi connectivity index (χ4v) is 2.02. The molecular weight excluding hydrogens is 274 g/mol. The molecule has 0 aliphatic rings. The highest BCUT2D eigenvalue weighted by molar-refractivity contribution is 7.99. The Hall–Kier alpha value is -2.17. The summed E-state index contributed by atoms with van der Waals surface area (Å²) in [5.41, 5.74) is 1.12. The van der Waals surface area contributed by atoms with Crippen molar-refractivity contribution in [3.63, 3.8) is 0 Å². The van der Waals surface area contributed by atoms with E-state index in [0.29, 0.717) is 28.1 Å². The van der Waals surface area contributed by atoms with Crippen molar-refractivity contribution < 1.29 is 4.52 Å². The lowest BCUT2D eigenvalue weighted by molar-refractivity contribution is 0.396.